The highest BCUT2D eigenvalue weighted by molar-refractivity contribution is 8.03. The summed E-state index contributed by atoms with van der Waals surface area (Å²) in [5.74, 6) is 0. The van der Waals surface area contributed by atoms with E-state index in [0.717, 1.165) is 13.0 Å². The lowest BCUT2D eigenvalue weighted by atomic mass is 10.2. The largest absolute Gasteiger partial charge is 0.292 e. The molecule has 9 heavy (non-hydrogen) atoms. The van der Waals surface area contributed by atoms with Gasteiger partial charge in [0.2, 0.25) is 0 Å². The third kappa shape index (κ3) is 1.58. The SMILES string of the molecule is CSC1=C(C)CCN=C1. The van der Waals surface area contributed by atoms with E-state index < -0.39 is 0 Å². The molecule has 0 fully saturated rings. The number of aliphatic imine (C=N–C) groups is 1. The summed E-state index contributed by atoms with van der Waals surface area (Å²) in [5.41, 5.74) is 1.48. The number of dihydropyridines is 1. The molecule has 0 aromatic carbocycles. The van der Waals surface area contributed by atoms with Gasteiger partial charge in [-0.1, -0.05) is 5.57 Å². The summed E-state index contributed by atoms with van der Waals surface area (Å²) >= 11 is 1.78. The number of rotatable bonds is 1. The summed E-state index contributed by atoms with van der Waals surface area (Å²) in [6.45, 7) is 3.16. The van der Waals surface area contributed by atoms with Crippen LogP contribution in [-0.4, -0.2) is 19.0 Å². The van der Waals surface area contributed by atoms with Crippen LogP contribution in [0.5, 0.6) is 0 Å². The Morgan fingerprint density at radius 3 is 2.89 bits per heavy atom. The summed E-state index contributed by atoms with van der Waals surface area (Å²) < 4.78 is 0. The van der Waals surface area contributed by atoms with Crippen molar-refractivity contribution >= 4 is 18.0 Å². The molecule has 0 N–H and O–H groups in total. The molecule has 1 nitrogen and oxygen atoms in total. The molecule has 0 saturated heterocycles. The summed E-state index contributed by atoms with van der Waals surface area (Å²) in [5, 5.41) is 0. The van der Waals surface area contributed by atoms with Gasteiger partial charge >= 0.3 is 0 Å². The summed E-state index contributed by atoms with van der Waals surface area (Å²) in [7, 11) is 0. The summed E-state index contributed by atoms with van der Waals surface area (Å²) in [6, 6.07) is 0. The Bertz CT molecular complexity index is 158. The molecule has 0 saturated carbocycles. The third-order valence-corrected chi connectivity index (χ3v) is 2.36. The highest BCUT2D eigenvalue weighted by atomic mass is 32.2. The Kier molecular flexibility index (Phi) is 2.34. The lowest BCUT2D eigenvalue weighted by Gasteiger charge is -2.07. The zero-order valence-corrected chi connectivity index (χ0v) is 6.66. The topological polar surface area (TPSA) is 12.4 Å². The number of nitrogens with zero attached hydrogens (tertiary/aromatic N) is 1. The van der Waals surface area contributed by atoms with Crippen molar-refractivity contribution in [1.29, 1.82) is 0 Å². The number of allylic oxidation sites excluding steroid dienone is 1. The average Bonchev–Trinajstić information content (AvgIpc) is 1.89. The smallest absolute Gasteiger partial charge is 0.0427 e. The monoisotopic (exact) mass is 141 g/mol. The predicted octanol–water partition coefficient (Wildman–Crippen LogP) is 2.10. The van der Waals surface area contributed by atoms with Gasteiger partial charge in [-0.05, 0) is 19.6 Å². The molecular formula is C7H11NS. The molecule has 0 radical (unpaired) electrons. The molecule has 0 amide bonds. The van der Waals surface area contributed by atoms with Crippen LogP contribution in [0.25, 0.3) is 0 Å². The van der Waals surface area contributed by atoms with Crippen LogP contribution in [0.4, 0.5) is 0 Å². The second-order valence-corrected chi connectivity index (χ2v) is 2.98. The molecular weight excluding hydrogens is 130 g/mol. The maximum Gasteiger partial charge on any atom is 0.0427 e. The van der Waals surface area contributed by atoms with E-state index in [1.165, 1.54) is 10.5 Å². The van der Waals surface area contributed by atoms with Crippen LogP contribution in [0.2, 0.25) is 0 Å². The standard InChI is InChI=1S/C7H11NS/c1-6-3-4-8-5-7(6)9-2/h5H,3-4H2,1-2H3. The van der Waals surface area contributed by atoms with E-state index in [4.69, 9.17) is 0 Å². The molecule has 0 atom stereocenters. The molecule has 0 spiro atoms. The van der Waals surface area contributed by atoms with Gasteiger partial charge in [0.25, 0.3) is 0 Å². The van der Waals surface area contributed by atoms with Gasteiger partial charge < -0.3 is 0 Å². The van der Waals surface area contributed by atoms with Gasteiger partial charge in [-0.15, -0.1) is 11.8 Å². The lowest BCUT2D eigenvalue weighted by Crippen LogP contribution is -1.96. The third-order valence-electron chi connectivity index (χ3n) is 1.46. The molecule has 1 aliphatic rings. The van der Waals surface area contributed by atoms with Crippen LogP contribution >= 0.6 is 11.8 Å². The molecule has 0 aromatic rings. The van der Waals surface area contributed by atoms with E-state index in [-0.39, 0.29) is 0 Å². The maximum absolute atomic E-state index is 4.18. The Labute approximate surface area is 60.3 Å². The van der Waals surface area contributed by atoms with E-state index in [1.54, 1.807) is 11.8 Å². The Morgan fingerprint density at radius 2 is 2.44 bits per heavy atom. The molecule has 0 unspecified atom stereocenters. The van der Waals surface area contributed by atoms with E-state index >= 15 is 0 Å². The van der Waals surface area contributed by atoms with E-state index in [1.807, 2.05) is 6.21 Å². The van der Waals surface area contributed by atoms with Crippen LogP contribution in [0.3, 0.4) is 0 Å². The Balaban J connectivity index is 2.72. The van der Waals surface area contributed by atoms with Crippen molar-refractivity contribution in [2.24, 2.45) is 4.99 Å². The fourth-order valence-electron chi connectivity index (χ4n) is 0.840. The molecule has 50 valence electrons. The minimum atomic E-state index is 0.982. The van der Waals surface area contributed by atoms with Crippen LogP contribution in [0.15, 0.2) is 15.5 Å². The van der Waals surface area contributed by atoms with Crippen molar-refractivity contribution in [1.82, 2.24) is 0 Å². The van der Waals surface area contributed by atoms with Gasteiger partial charge in [0.15, 0.2) is 0 Å². The summed E-state index contributed by atoms with van der Waals surface area (Å²) in [6.07, 6.45) is 5.21. The van der Waals surface area contributed by atoms with E-state index in [9.17, 15) is 0 Å². The van der Waals surface area contributed by atoms with Gasteiger partial charge in [-0.3, -0.25) is 4.99 Å². The normalized spacial score (nSPS) is 18.9. The fraction of sp³-hybridized carbons (Fsp3) is 0.571. The molecule has 0 bridgehead atoms. The zero-order chi connectivity index (χ0) is 6.69. The second kappa shape index (κ2) is 3.06. The first-order valence-electron chi connectivity index (χ1n) is 3.08. The molecule has 1 rings (SSSR count). The highest BCUT2D eigenvalue weighted by Gasteiger charge is 2.01. The minimum Gasteiger partial charge on any atom is -0.292 e. The van der Waals surface area contributed by atoms with Gasteiger partial charge in [0, 0.05) is 17.7 Å². The van der Waals surface area contributed by atoms with Crippen molar-refractivity contribution in [3.63, 3.8) is 0 Å². The predicted molar refractivity (Wildman–Crippen MR) is 44.2 cm³/mol. The number of thioether (sulfide) groups is 1. The minimum absolute atomic E-state index is 0.982. The van der Waals surface area contributed by atoms with Crippen molar-refractivity contribution < 1.29 is 0 Å². The second-order valence-electron chi connectivity index (χ2n) is 2.13. The van der Waals surface area contributed by atoms with Crippen LogP contribution in [0, 0.1) is 0 Å². The average molecular weight is 141 g/mol. The van der Waals surface area contributed by atoms with E-state index in [0.29, 0.717) is 0 Å². The van der Waals surface area contributed by atoms with Gasteiger partial charge in [-0.25, -0.2) is 0 Å². The van der Waals surface area contributed by atoms with E-state index in [2.05, 4.69) is 18.2 Å². The first-order valence-corrected chi connectivity index (χ1v) is 4.30. The lowest BCUT2D eigenvalue weighted by molar-refractivity contribution is 0.939. The van der Waals surface area contributed by atoms with Gasteiger partial charge in [-0.2, -0.15) is 0 Å². The van der Waals surface area contributed by atoms with Crippen molar-refractivity contribution in [2.75, 3.05) is 12.8 Å². The Morgan fingerprint density at radius 1 is 1.67 bits per heavy atom. The number of hydrogen-bond donors (Lipinski definition) is 0. The van der Waals surface area contributed by atoms with Crippen molar-refractivity contribution in [3.8, 4) is 0 Å². The Hall–Kier alpha value is -0.240. The molecule has 1 heterocycles. The molecule has 2 heteroatoms. The van der Waals surface area contributed by atoms with Crippen molar-refractivity contribution in [2.45, 2.75) is 13.3 Å². The molecule has 0 aromatic heterocycles. The maximum atomic E-state index is 4.18. The van der Waals surface area contributed by atoms with Crippen LogP contribution < -0.4 is 0 Å². The van der Waals surface area contributed by atoms with Crippen LogP contribution in [0.1, 0.15) is 13.3 Å². The first kappa shape index (κ1) is 6.87. The van der Waals surface area contributed by atoms with Gasteiger partial charge in [0.05, 0.1) is 0 Å². The molecule has 1 aliphatic heterocycles. The first-order chi connectivity index (χ1) is 4.34. The fourth-order valence-corrected chi connectivity index (χ4v) is 1.47. The van der Waals surface area contributed by atoms with Gasteiger partial charge in [0.1, 0.15) is 0 Å². The number of hydrogen-bond acceptors (Lipinski definition) is 2. The van der Waals surface area contributed by atoms with Crippen LogP contribution in [-0.2, 0) is 0 Å². The van der Waals surface area contributed by atoms with Crippen molar-refractivity contribution in [3.05, 3.63) is 10.5 Å². The highest BCUT2D eigenvalue weighted by Crippen LogP contribution is 2.19. The quantitative estimate of drug-likeness (QED) is 0.544. The molecule has 0 aliphatic carbocycles. The zero-order valence-electron chi connectivity index (χ0n) is 5.85. The summed E-state index contributed by atoms with van der Waals surface area (Å²) in [4.78, 5) is 5.52.